The zero-order valence-electron chi connectivity index (χ0n) is 10.9. The molecule has 0 spiro atoms. The van der Waals surface area contributed by atoms with Crippen molar-refractivity contribution in [1.82, 2.24) is 4.98 Å². The maximum Gasteiger partial charge on any atom is 0.190 e. The van der Waals surface area contributed by atoms with Crippen molar-refractivity contribution in [1.29, 1.82) is 0 Å². The van der Waals surface area contributed by atoms with E-state index in [1.165, 1.54) is 0 Å². The minimum atomic E-state index is -0.00367. The highest BCUT2D eigenvalue weighted by atomic mass is 16.4. The second kappa shape index (κ2) is 5.39. The summed E-state index contributed by atoms with van der Waals surface area (Å²) in [5.74, 6) is -0.00367. The highest BCUT2D eigenvalue weighted by Gasteiger charge is 2.14. The molecule has 0 amide bonds. The zero-order valence-corrected chi connectivity index (χ0v) is 10.9. The summed E-state index contributed by atoms with van der Waals surface area (Å²) in [6.45, 7) is 2.03. The number of anilines is 2. The van der Waals surface area contributed by atoms with Crippen LogP contribution in [0.4, 0.5) is 11.4 Å². The van der Waals surface area contributed by atoms with Crippen LogP contribution in [0.5, 0.6) is 0 Å². The third kappa shape index (κ3) is 2.49. The summed E-state index contributed by atoms with van der Waals surface area (Å²) < 4.78 is 0. The highest BCUT2D eigenvalue weighted by molar-refractivity contribution is 6.01. The number of oxime groups is 1. The first kappa shape index (κ1) is 12.9. The van der Waals surface area contributed by atoms with E-state index in [1.54, 1.807) is 6.20 Å². The van der Waals surface area contributed by atoms with Gasteiger partial charge in [-0.15, -0.1) is 0 Å². The number of amidine groups is 1. The number of hydrogen-bond acceptors (Lipinski definition) is 4. The van der Waals surface area contributed by atoms with Gasteiger partial charge in [0, 0.05) is 18.9 Å². The van der Waals surface area contributed by atoms with Gasteiger partial charge in [0.25, 0.3) is 0 Å². The van der Waals surface area contributed by atoms with Crippen molar-refractivity contribution >= 4 is 17.2 Å². The highest BCUT2D eigenvalue weighted by Crippen LogP contribution is 2.28. The Morgan fingerprint density at radius 2 is 1.89 bits per heavy atom. The van der Waals surface area contributed by atoms with Crippen LogP contribution in [0.15, 0.2) is 47.8 Å². The van der Waals surface area contributed by atoms with Gasteiger partial charge in [0.1, 0.15) is 5.69 Å². The Kier molecular flexibility index (Phi) is 3.66. The van der Waals surface area contributed by atoms with E-state index in [-0.39, 0.29) is 5.84 Å². The topological polar surface area (TPSA) is 74.7 Å². The SMILES string of the molecule is Cc1ccccc1N(C)c1cccnc1/C(N)=N/O. The summed E-state index contributed by atoms with van der Waals surface area (Å²) in [4.78, 5) is 6.14. The number of hydrogen-bond donors (Lipinski definition) is 2. The third-order valence-corrected chi connectivity index (χ3v) is 2.97. The Labute approximate surface area is 112 Å². The fourth-order valence-corrected chi connectivity index (χ4v) is 1.98. The quantitative estimate of drug-likeness (QED) is 0.382. The normalized spacial score (nSPS) is 11.4. The van der Waals surface area contributed by atoms with Crippen LogP contribution < -0.4 is 10.6 Å². The van der Waals surface area contributed by atoms with E-state index in [1.807, 2.05) is 55.3 Å². The largest absolute Gasteiger partial charge is 0.409 e. The molecule has 0 unspecified atom stereocenters. The summed E-state index contributed by atoms with van der Waals surface area (Å²) in [5.41, 5.74) is 9.08. The van der Waals surface area contributed by atoms with Crippen LogP contribution in [0, 0.1) is 6.92 Å². The fraction of sp³-hybridized carbons (Fsp3) is 0.143. The molecule has 5 heteroatoms. The standard InChI is InChI=1S/C14H16N4O/c1-10-6-3-4-7-11(10)18(2)12-8-5-9-16-13(12)14(15)17-19/h3-9,19H,1-2H3,(H2,15,17). The van der Waals surface area contributed by atoms with Crippen LogP contribution in [0.3, 0.4) is 0 Å². The van der Waals surface area contributed by atoms with E-state index in [9.17, 15) is 0 Å². The van der Waals surface area contributed by atoms with E-state index in [2.05, 4.69) is 10.1 Å². The smallest absolute Gasteiger partial charge is 0.190 e. The van der Waals surface area contributed by atoms with Gasteiger partial charge in [-0.05, 0) is 30.7 Å². The minimum Gasteiger partial charge on any atom is -0.409 e. The third-order valence-electron chi connectivity index (χ3n) is 2.97. The number of aryl methyl sites for hydroxylation is 1. The number of aromatic nitrogens is 1. The van der Waals surface area contributed by atoms with Crippen molar-refractivity contribution < 1.29 is 5.21 Å². The summed E-state index contributed by atoms with van der Waals surface area (Å²) in [6.07, 6.45) is 1.61. The molecule has 2 aromatic rings. The average Bonchev–Trinajstić information content (AvgIpc) is 2.46. The van der Waals surface area contributed by atoms with Crippen molar-refractivity contribution in [2.24, 2.45) is 10.9 Å². The van der Waals surface area contributed by atoms with Gasteiger partial charge in [0.05, 0.1) is 5.69 Å². The molecular formula is C14H16N4O. The van der Waals surface area contributed by atoms with Crippen molar-refractivity contribution in [3.63, 3.8) is 0 Å². The number of nitrogens with zero attached hydrogens (tertiary/aromatic N) is 3. The first-order chi connectivity index (χ1) is 9.15. The van der Waals surface area contributed by atoms with Gasteiger partial charge in [-0.2, -0.15) is 0 Å². The summed E-state index contributed by atoms with van der Waals surface area (Å²) >= 11 is 0. The lowest BCUT2D eigenvalue weighted by molar-refractivity contribution is 0.318. The number of benzene rings is 1. The van der Waals surface area contributed by atoms with Gasteiger partial charge < -0.3 is 15.8 Å². The Morgan fingerprint density at radius 3 is 2.58 bits per heavy atom. The monoisotopic (exact) mass is 256 g/mol. The van der Waals surface area contributed by atoms with E-state index in [4.69, 9.17) is 10.9 Å². The van der Waals surface area contributed by atoms with Gasteiger partial charge in [-0.25, -0.2) is 0 Å². The molecule has 0 saturated carbocycles. The first-order valence-electron chi connectivity index (χ1n) is 5.87. The molecule has 98 valence electrons. The lowest BCUT2D eigenvalue weighted by atomic mass is 10.1. The summed E-state index contributed by atoms with van der Waals surface area (Å²) in [6, 6.07) is 11.7. The molecule has 1 aromatic carbocycles. The number of pyridine rings is 1. The Hall–Kier alpha value is -2.56. The second-order valence-corrected chi connectivity index (χ2v) is 4.20. The van der Waals surface area contributed by atoms with Crippen LogP contribution in [0.1, 0.15) is 11.3 Å². The van der Waals surface area contributed by atoms with E-state index in [0.29, 0.717) is 5.69 Å². The molecule has 1 aromatic heterocycles. The lowest BCUT2D eigenvalue weighted by Gasteiger charge is -2.23. The predicted molar refractivity (Wildman–Crippen MR) is 76.0 cm³/mol. The van der Waals surface area contributed by atoms with E-state index >= 15 is 0 Å². The van der Waals surface area contributed by atoms with Crippen LogP contribution in [-0.4, -0.2) is 23.1 Å². The summed E-state index contributed by atoms with van der Waals surface area (Å²) in [5, 5.41) is 11.8. The molecular weight excluding hydrogens is 240 g/mol. The van der Waals surface area contributed by atoms with Crippen molar-refractivity contribution in [3.8, 4) is 0 Å². The summed E-state index contributed by atoms with van der Waals surface area (Å²) in [7, 11) is 1.92. The second-order valence-electron chi connectivity index (χ2n) is 4.20. The van der Waals surface area contributed by atoms with Crippen LogP contribution in [-0.2, 0) is 0 Å². The lowest BCUT2D eigenvalue weighted by Crippen LogP contribution is -2.21. The molecule has 0 bridgehead atoms. The van der Waals surface area contributed by atoms with Gasteiger partial charge in [0.15, 0.2) is 5.84 Å². The number of rotatable bonds is 3. The Morgan fingerprint density at radius 1 is 1.21 bits per heavy atom. The molecule has 0 atom stereocenters. The molecule has 0 radical (unpaired) electrons. The average molecular weight is 256 g/mol. The molecule has 2 rings (SSSR count). The van der Waals surface area contributed by atoms with Crippen molar-refractivity contribution in [2.75, 3.05) is 11.9 Å². The zero-order chi connectivity index (χ0) is 13.8. The molecule has 0 aliphatic rings. The van der Waals surface area contributed by atoms with Crippen molar-refractivity contribution in [3.05, 3.63) is 53.9 Å². The van der Waals surface area contributed by atoms with Gasteiger partial charge in [0.2, 0.25) is 0 Å². The number of para-hydroxylation sites is 1. The molecule has 0 aliphatic heterocycles. The fourth-order valence-electron chi connectivity index (χ4n) is 1.98. The maximum absolute atomic E-state index is 8.82. The maximum atomic E-state index is 8.82. The molecule has 3 N–H and O–H groups in total. The molecule has 0 saturated heterocycles. The van der Waals surface area contributed by atoms with Crippen molar-refractivity contribution in [2.45, 2.75) is 6.92 Å². The Balaban J connectivity index is 2.51. The van der Waals surface area contributed by atoms with E-state index < -0.39 is 0 Å². The minimum absolute atomic E-state index is 0.00367. The molecule has 5 nitrogen and oxygen atoms in total. The van der Waals surface area contributed by atoms with Crippen LogP contribution in [0.25, 0.3) is 0 Å². The molecule has 0 aliphatic carbocycles. The first-order valence-corrected chi connectivity index (χ1v) is 5.87. The predicted octanol–water partition coefficient (Wildman–Crippen LogP) is 2.25. The molecule has 0 fully saturated rings. The molecule has 19 heavy (non-hydrogen) atoms. The Bertz CT molecular complexity index is 610. The van der Waals surface area contributed by atoms with Gasteiger partial charge in [-0.3, -0.25) is 4.98 Å². The van der Waals surface area contributed by atoms with Gasteiger partial charge in [-0.1, -0.05) is 23.4 Å². The van der Waals surface area contributed by atoms with Crippen LogP contribution >= 0.6 is 0 Å². The van der Waals surface area contributed by atoms with Crippen LogP contribution in [0.2, 0.25) is 0 Å². The van der Waals surface area contributed by atoms with E-state index in [0.717, 1.165) is 16.9 Å². The molecule has 1 heterocycles. The number of nitrogens with two attached hydrogens (primary N) is 1. The van der Waals surface area contributed by atoms with Gasteiger partial charge >= 0.3 is 0 Å².